The lowest BCUT2D eigenvalue weighted by molar-refractivity contribution is -0.117. The number of aliphatic imine (C=N–C) groups is 2. The predicted molar refractivity (Wildman–Crippen MR) is 216 cm³/mol. The third kappa shape index (κ3) is 14.3. The summed E-state index contributed by atoms with van der Waals surface area (Å²) in [5.74, 6) is 3.57. The van der Waals surface area contributed by atoms with Crippen LogP contribution in [0.5, 0.6) is 0 Å². The molecule has 4 aliphatic rings. The van der Waals surface area contributed by atoms with Gasteiger partial charge >= 0.3 is 0 Å². The Labute approximate surface area is 319 Å². The van der Waals surface area contributed by atoms with Gasteiger partial charge < -0.3 is 64.8 Å². The van der Waals surface area contributed by atoms with E-state index in [0.717, 1.165) is 5.57 Å². The molecule has 0 radical (unpaired) electrons. The van der Waals surface area contributed by atoms with Crippen LogP contribution in [0.2, 0.25) is 0 Å². The van der Waals surface area contributed by atoms with Crippen LogP contribution in [0.25, 0.3) is 22.3 Å². The van der Waals surface area contributed by atoms with E-state index in [9.17, 15) is 14.4 Å². The van der Waals surface area contributed by atoms with E-state index in [-0.39, 0.29) is 30.7 Å². The summed E-state index contributed by atoms with van der Waals surface area (Å²) in [5, 5.41) is 16.1. The van der Waals surface area contributed by atoms with Gasteiger partial charge in [0.2, 0.25) is 5.95 Å². The van der Waals surface area contributed by atoms with E-state index in [1.165, 1.54) is 25.1 Å². The topological polar surface area (TPSA) is 364 Å². The molecule has 17 N–H and O–H groups in total. The number of amides is 2. The third-order valence-corrected chi connectivity index (χ3v) is 6.30. The zero-order valence-electron chi connectivity index (χ0n) is 29.7. The van der Waals surface area contributed by atoms with Crippen LogP contribution in [0.1, 0.15) is 21.3 Å². The van der Waals surface area contributed by atoms with E-state index in [2.05, 4.69) is 108 Å². The van der Waals surface area contributed by atoms with Crippen LogP contribution < -0.4 is 60.4 Å². The number of imidazole rings is 2. The number of nitrogens with zero attached hydrogens (tertiary/aromatic N) is 7. The van der Waals surface area contributed by atoms with Gasteiger partial charge in [-0.2, -0.15) is 4.98 Å². The van der Waals surface area contributed by atoms with Gasteiger partial charge in [0.15, 0.2) is 22.6 Å². The van der Waals surface area contributed by atoms with Crippen LogP contribution in [-0.4, -0.2) is 63.4 Å². The highest BCUT2D eigenvalue weighted by molar-refractivity contribution is 5.97. The highest BCUT2D eigenvalue weighted by Gasteiger charge is 2.09. The number of anilines is 2. The first-order valence-corrected chi connectivity index (χ1v) is 15.5. The molecule has 0 atom stereocenters. The molecule has 4 aromatic heterocycles. The van der Waals surface area contributed by atoms with Crippen molar-refractivity contribution in [2.24, 2.45) is 21.5 Å². The Hall–Kier alpha value is -8.50. The Bertz CT molecular complexity index is 2330. The number of hydrogen-bond donors (Lipinski definition) is 13. The SMILES string of the molecule is C.C=C1N=C(N)C(C)=CN1.C=C1N=C(N)C=CN1.C=C1NC=C(C)C(=O)N1.C=C1NC=CC(=O)N1.Nc1nc2nc[nH]c2c(=O)[nH]1.Nc1ncnc2nc[nH]c12. The van der Waals surface area contributed by atoms with Crippen LogP contribution in [0.3, 0.4) is 0 Å². The van der Waals surface area contributed by atoms with E-state index in [4.69, 9.17) is 22.9 Å². The molecule has 0 saturated heterocycles. The van der Waals surface area contributed by atoms with Crippen molar-refractivity contribution in [2.45, 2.75) is 21.3 Å². The zero-order chi connectivity index (χ0) is 40.5. The lowest BCUT2D eigenvalue weighted by Crippen LogP contribution is -2.33. The molecule has 2 amide bonds. The minimum absolute atomic E-state index is 0. The molecular weight excluding hydrogens is 724 g/mol. The standard InChI is InChI=1S/C6H9N3.C6H8N2O.C5H5N5O.C5H5N5.C5H7N3.C5H6N2O.CH4/c1-4-3-8-5(2)9-6(4)7;1-4-3-7-5(2)8-6(4)9;6-5-9-3-2(4(11)10-5)7-1-8-3;6-4-3-5(9-1-7-3)10-2-8-4;1-4-7-3-2-5(6)8-4;1-4-6-3-2-5(8)7-4;/h3,8H,2H2,1H3,(H2,7,9);3,7H,2H2,1H3,(H,8,9);1H,(H4,6,7,8,9,10,11);1-2H,(H3,6,7,8,9,10);2-3,7H,1H2,(H2,6,8);2-3,6H,1H2,(H,7,8);1H4. The molecule has 23 heteroatoms. The van der Waals surface area contributed by atoms with Crippen molar-refractivity contribution in [3.05, 3.63) is 127 Å². The smallest absolute Gasteiger partial charge is 0.278 e. The highest BCUT2D eigenvalue weighted by Crippen LogP contribution is 2.09. The number of rotatable bonds is 0. The molecule has 0 aliphatic carbocycles. The molecule has 0 spiro atoms. The summed E-state index contributed by atoms with van der Waals surface area (Å²) in [7, 11) is 0. The van der Waals surface area contributed by atoms with E-state index in [0.29, 0.717) is 68.7 Å². The Morgan fingerprint density at radius 3 is 1.82 bits per heavy atom. The summed E-state index contributed by atoms with van der Waals surface area (Å²) in [4.78, 5) is 66.7. The molecule has 294 valence electrons. The largest absolute Gasteiger partial charge is 0.384 e. The molecule has 23 nitrogen and oxygen atoms in total. The summed E-state index contributed by atoms with van der Waals surface area (Å²) in [5.41, 5.74) is 24.8. The Kier molecular flexibility index (Phi) is 16.5. The molecule has 0 saturated carbocycles. The van der Waals surface area contributed by atoms with Crippen LogP contribution in [0.15, 0.2) is 131 Å². The molecular formula is C33H44N20O3. The van der Waals surface area contributed by atoms with Gasteiger partial charge in [0, 0.05) is 42.0 Å². The van der Waals surface area contributed by atoms with Gasteiger partial charge in [0.1, 0.15) is 46.8 Å². The van der Waals surface area contributed by atoms with Gasteiger partial charge in [-0.1, -0.05) is 33.7 Å². The van der Waals surface area contributed by atoms with Crippen molar-refractivity contribution in [3.63, 3.8) is 0 Å². The minimum atomic E-state index is -0.301. The number of carbonyl (C=O) groups is 2. The Morgan fingerprint density at radius 1 is 0.661 bits per heavy atom. The number of nitrogen functional groups attached to an aromatic ring is 2. The number of aromatic amines is 3. The average molecular weight is 769 g/mol. The van der Waals surface area contributed by atoms with Gasteiger partial charge in [0.25, 0.3) is 17.4 Å². The van der Waals surface area contributed by atoms with Gasteiger partial charge in [-0.3, -0.25) is 19.4 Å². The fourth-order valence-corrected chi connectivity index (χ4v) is 3.60. The summed E-state index contributed by atoms with van der Waals surface area (Å²) in [6.07, 6.45) is 14.0. The molecule has 8 rings (SSSR count). The van der Waals surface area contributed by atoms with Crippen molar-refractivity contribution < 1.29 is 9.59 Å². The van der Waals surface area contributed by atoms with Crippen molar-refractivity contribution in [3.8, 4) is 0 Å². The maximum Gasteiger partial charge on any atom is 0.278 e. The number of H-pyrrole nitrogens is 3. The normalized spacial score (nSPS) is 14.8. The maximum absolute atomic E-state index is 11.0. The number of nitrogens with two attached hydrogens (primary N) is 4. The van der Waals surface area contributed by atoms with Crippen molar-refractivity contribution in [2.75, 3.05) is 11.5 Å². The molecule has 8 heterocycles. The first kappa shape index (κ1) is 43.7. The molecule has 4 aliphatic heterocycles. The molecule has 0 bridgehead atoms. The molecule has 0 unspecified atom stereocenters. The van der Waals surface area contributed by atoms with Crippen molar-refractivity contribution in [1.82, 2.24) is 71.8 Å². The summed E-state index contributed by atoms with van der Waals surface area (Å²) < 4.78 is 0. The first-order valence-electron chi connectivity index (χ1n) is 15.5. The second-order valence-corrected chi connectivity index (χ2v) is 10.6. The maximum atomic E-state index is 11.0. The number of hydrogen-bond acceptors (Lipinski definition) is 18. The second kappa shape index (κ2) is 21.1. The van der Waals surface area contributed by atoms with E-state index in [1.807, 2.05) is 6.92 Å². The predicted octanol–water partition coefficient (Wildman–Crippen LogP) is -0.175. The van der Waals surface area contributed by atoms with Gasteiger partial charge in [-0.15, -0.1) is 0 Å². The Morgan fingerprint density at radius 2 is 1.29 bits per heavy atom. The van der Waals surface area contributed by atoms with E-state index in [1.54, 1.807) is 37.8 Å². The minimum Gasteiger partial charge on any atom is -0.384 e. The van der Waals surface area contributed by atoms with Crippen molar-refractivity contribution >= 4 is 57.6 Å². The van der Waals surface area contributed by atoms with Crippen LogP contribution in [0.4, 0.5) is 11.8 Å². The third-order valence-electron chi connectivity index (χ3n) is 6.30. The molecule has 56 heavy (non-hydrogen) atoms. The first-order chi connectivity index (χ1) is 26.1. The number of fused-ring (bicyclic) bond motifs is 2. The number of aromatic nitrogens is 8. The fraction of sp³-hybridized carbons (Fsp3) is 0.0909. The lowest BCUT2D eigenvalue weighted by atomic mass is 10.3. The summed E-state index contributed by atoms with van der Waals surface area (Å²) in [6.45, 7) is 17.7. The average Bonchev–Trinajstić information content (AvgIpc) is 3.81. The number of nitrogens with one attached hydrogen (secondary N) is 9. The molecule has 4 aromatic rings. The monoisotopic (exact) mass is 768 g/mol. The number of amidine groups is 2. The number of carbonyl (C=O) groups excluding carboxylic acids is 2. The van der Waals surface area contributed by atoms with E-state index < -0.39 is 0 Å². The zero-order valence-corrected chi connectivity index (χ0v) is 29.7. The van der Waals surface area contributed by atoms with Crippen LogP contribution in [-0.2, 0) is 9.59 Å². The Balaban J connectivity index is 0.000000232. The molecule has 0 aromatic carbocycles. The fourth-order valence-electron chi connectivity index (χ4n) is 3.60. The van der Waals surface area contributed by atoms with Gasteiger partial charge in [0.05, 0.1) is 12.7 Å². The highest BCUT2D eigenvalue weighted by atomic mass is 16.2. The van der Waals surface area contributed by atoms with E-state index >= 15 is 0 Å². The lowest BCUT2D eigenvalue weighted by Gasteiger charge is -2.13. The van der Waals surface area contributed by atoms with Crippen LogP contribution in [0, 0.1) is 0 Å². The van der Waals surface area contributed by atoms with Crippen LogP contribution >= 0.6 is 0 Å². The quantitative estimate of drug-likeness (QED) is 0.110. The summed E-state index contributed by atoms with van der Waals surface area (Å²) >= 11 is 0. The molecule has 0 fully saturated rings. The van der Waals surface area contributed by atoms with Crippen molar-refractivity contribution in [1.29, 1.82) is 0 Å². The van der Waals surface area contributed by atoms with Gasteiger partial charge in [-0.05, 0) is 19.9 Å². The second-order valence-electron chi connectivity index (χ2n) is 10.6. The van der Waals surface area contributed by atoms with Gasteiger partial charge in [-0.25, -0.2) is 29.9 Å². The summed E-state index contributed by atoms with van der Waals surface area (Å²) in [6, 6.07) is 0.